The van der Waals surface area contributed by atoms with Gasteiger partial charge < -0.3 is 9.47 Å². The summed E-state index contributed by atoms with van der Waals surface area (Å²) in [5.41, 5.74) is 4.77. The Kier molecular flexibility index (Phi) is 7.57. The molecule has 0 aliphatic carbocycles. The molecule has 0 fully saturated rings. The molecule has 0 spiro atoms. The lowest BCUT2D eigenvalue weighted by atomic mass is 9.86. The molecular weight excluding hydrogens is 464 g/mol. The van der Waals surface area contributed by atoms with E-state index in [1.807, 2.05) is 42.5 Å². The Labute approximate surface area is 199 Å². The zero-order valence-electron chi connectivity index (χ0n) is 19.2. The van der Waals surface area contributed by atoms with Gasteiger partial charge >= 0.3 is 0 Å². The monoisotopic (exact) mass is 492 g/mol. The lowest BCUT2D eigenvalue weighted by Crippen LogP contribution is -2.13. The first-order valence-electron chi connectivity index (χ1n) is 10.6. The summed E-state index contributed by atoms with van der Waals surface area (Å²) in [5.74, 6) is 1.59. The number of aryl methyl sites for hydroxylation is 1. The van der Waals surface area contributed by atoms with Crippen LogP contribution in [0.15, 0.2) is 71.2 Å². The molecule has 3 aromatic rings. The molecule has 3 aromatic carbocycles. The average Bonchev–Trinajstić information content (AvgIpc) is 2.75. The van der Waals surface area contributed by atoms with Crippen molar-refractivity contribution in [2.24, 2.45) is 0 Å². The highest BCUT2D eigenvalue weighted by Crippen LogP contribution is 2.33. The SMILES string of the molecule is COc1ccc(/C=C/C(=O)c2cccc(Br)c2)cc1COc1cc(C)ccc1C(C)(C)C. The lowest BCUT2D eigenvalue weighted by molar-refractivity contribution is 0.104. The van der Waals surface area contributed by atoms with Crippen LogP contribution in [0.4, 0.5) is 0 Å². The molecule has 3 nitrogen and oxygen atoms in total. The Hall–Kier alpha value is -2.85. The van der Waals surface area contributed by atoms with Crippen LogP contribution in [0.1, 0.15) is 53.4 Å². The summed E-state index contributed by atoms with van der Waals surface area (Å²) in [4.78, 5) is 12.5. The highest BCUT2D eigenvalue weighted by Gasteiger charge is 2.19. The van der Waals surface area contributed by atoms with Crippen molar-refractivity contribution in [3.05, 3.63) is 99.0 Å². The van der Waals surface area contributed by atoms with E-state index < -0.39 is 0 Å². The lowest BCUT2D eigenvalue weighted by Gasteiger charge is -2.23. The minimum Gasteiger partial charge on any atom is -0.496 e. The molecule has 166 valence electrons. The second-order valence-corrected chi connectivity index (χ2v) is 9.73. The fourth-order valence-electron chi connectivity index (χ4n) is 3.45. The van der Waals surface area contributed by atoms with Gasteiger partial charge in [-0.1, -0.05) is 73.1 Å². The molecule has 0 aliphatic rings. The summed E-state index contributed by atoms with van der Waals surface area (Å²) >= 11 is 3.41. The highest BCUT2D eigenvalue weighted by atomic mass is 79.9. The largest absolute Gasteiger partial charge is 0.496 e. The molecule has 0 amide bonds. The number of hydrogen-bond donors (Lipinski definition) is 0. The van der Waals surface area contributed by atoms with Crippen LogP contribution in [0.3, 0.4) is 0 Å². The number of hydrogen-bond acceptors (Lipinski definition) is 3. The predicted octanol–water partition coefficient (Wildman–Crippen LogP) is 7.54. The van der Waals surface area contributed by atoms with Gasteiger partial charge in [-0.3, -0.25) is 4.79 Å². The maximum absolute atomic E-state index is 12.5. The summed E-state index contributed by atoms with van der Waals surface area (Å²) in [7, 11) is 1.65. The number of carbonyl (C=O) groups is 1. The van der Waals surface area contributed by atoms with Crippen LogP contribution in [-0.2, 0) is 12.0 Å². The molecule has 0 aromatic heterocycles. The van der Waals surface area contributed by atoms with Crippen molar-refractivity contribution in [1.82, 2.24) is 0 Å². The molecule has 0 radical (unpaired) electrons. The third-order valence-electron chi connectivity index (χ3n) is 5.17. The van der Waals surface area contributed by atoms with Crippen LogP contribution in [0, 0.1) is 6.92 Å². The van der Waals surface area contributed by atoms with Gasteiger partial charge in [0.1, 0.15) is 18.1 Å². The first-order chi connectivity index (χ1) is 15.2. The van der Waals surface area contributed by atoms with E-state index in [9.17, 15) is 4.79 Å². The van der Waals surface area contributed by atoms with Crippen molar-refractivity contribution in [1.29, 1.82) is 0 Å². The van der Waals surface area contributed by atoms with Crippen LogP contribution >= 0.6 is 15.9 Å². The van der Waals surface area contributed by atoms with Crippen molar-refractivity contribution in [3.63, 3.8) is 0 Å². The fourth-order valence-corrected chi connectivity index (χ4v) is 3.85. The molecule has 0 aliphatic heterocycles. The molecule has 0 heterocycles. The summed E-state index contributed by atoms with van der Waals surface area (Å²) < 4.78 is 12.7. The summed E-state index contributed by atoms with van der Waals surface area (Å²) in [6, 6.07) is 19.5. The number of rotatable bonds is 7. The van der Waals surface area contributed by atoms with Gasteiger partial charge in [-0.15, -0.1) is 0 Å². The van der Waals surface area contributed by atoms with Crippen molar-refractivity contribution >= 4 is 27.8 Å². The first-order valence-corrected chi connectivity index (χ1v) is 11.4. The molecule has 3 rings (SSSR count). The predicted molar refractivity (Wildman–Crippen MR) is 135 cm³/mol. The molecular formula is C28H29BrO3. The second kappa shape index (κ2) is 10.2. The van der Waals surface area contributed by atoms with Crippen LogP contribution in [0.25, 0.3) is 6.08 Å². The van der Waals surface area contributed by atoms with Crippen LogP contribution in [0.2, 0.25) is 0 Å². The van der Waals surface area contributed by atoms with Crippen LogP contribution in [-0.4, -0.2) is 12.9 Å². The van der Waals surface area contributed by atoms with E-state index in [1.54, 1.807) is 19.3 Å². The molecule has 0 saturated carbocycles. The highest BCUT2D eigenvalue weighted by molar-refractivity contribution is 9.10. The molecule has 0 atom stereocenters. The van der Waals surface area contributed by atoms with Crippen molar-refractivity contribution < 1.29 is 14.3 Å². The third kappa shape index (κ3) is 6.10. The number of halogens is 1. The number of ether oxygens (including phenoxy) is 2. The molecule has 0 bridgehead atoms. The van der Waals surface area contributed by atoms with Crippen molar-refractivity contribution in [2.75, 3.05) is 7.11 Å². The molecule has 0 N–H and O–H groups in total. The van der Waals surface area contributed by atoms with E-state index in [2.05, 4.69) is 61.8 Å². The van der Waals surface area contributed by atoms with E-state index >= 15 is 0 Å². The summed E-state index contributed by atoms with van der Waals surface area (Å²) in [6.07, 6.45) is 3.41. The molecule has 0 unspecified atom stereocenters. The van der Waals surface area contributed by atoms with Crippen molar-refractivity contribution in [3.8, 4) is 11.5 Å². The normalized spacial score (nSPS) is 11.6. The summed E-state index contributed by atoms with van der Waals surface area (Å²) in [5, 5.41) is 0. The minimum absolute atomic E-state index is 0.0233. The Morgan fingerprint density at radius 1 is 1.00 bits per heavy atom. The smallest absolute Gasteiger partial charge is 0.185 e. The van der Waals surface area contributed by atoms with Gasteiger partial charge in [0.2, 0.25) is 0 Å². The number of methoxy groups -OCH3 is 1. The van der Waals surface area contributed by atoms with Crippen LogP contribution < -0.4 is 9.47 Å². The number of benzene rings is 3. The second-order valence-electron chi connectivity index (χ2n) is 8.82. The van der Waals surface area contributed by atoms with Gasteiger partial charge in [0.15, 0.2) is 5.78 Å². The maximum atomic E-state index is 12.5. The van der Waals surface area contributed by atoms with Gasteiger partial charge in [0.25, 0.3) is 0 Å². The Balaban J connectivity index is 1.82. The Morgan fingerprint density at radius 2 is 1.78 bits per heavy atom. The summed E-state index contributed by atoms with van der Waals surface area (Å²) in [6.45, 7) is 8.97. The molecule has 4 heteroatoms. The molecule has 32 heavy (non-hydrogen) atoms. The zero-order valence-corrected chi connectivity index (χ0v) is 20.8. The van der Waals surface area contributed by atoms with E-state index in [0.29, 0.717) is 12.2 Å². The fraction of sp³-hybridized carbons (Fsp3) is 0.250. The quantitative estimate of drug-likeness (QED) is 0.252. The van der Waals surface area contributed by atoms with Gasteiger partial charge in [0.05, 0.1) is 7.11 Å². The zero-order chi connectivity index (χ0) is 23.3. The van der Waals surface area contributed by atoms with Gasteiger partial charge in [-0.25, -0.2) is 0 Å². The molecule has 0 saturated heterocycles. The van der Waals surface area contributed by atoms with Crippen LogP contribution in [0.5, 0.6) is 11.5 Å². The minimum atomic E-state index is -0.0468. The maximum Gasteiger partial charge on any atom is 0.185 e. The van der Waals surface area contributed by atoms with Crippen molar-refractivity contribution in [2.45, 2.75) is 39.7 Å². The third-order valence-corrected chi connectivity index (χ3v) is 5.66. The van der Waals surface area contributed by atoms with Gasteiger partial charge in [-0.05, 0) is 65.4 Å². The Morgan fingerprint density at radius 3 is 2.47 bits per heavy atom. The van der Waals surface area contributed by atoms with Gasteiger partial charge in [-0.2, -0.15) is 0 Å². The van der Waals surface area contributed by atoms with Gasteiger partial charge in [0, 0.05) is 15.6 Å². The first kappa shape index (κ1) is 23.8. The average molecular weight is 493 g/mol. The number of carbonyl (C=O) groups excluding carboxylic acids is 1. The van der Waals surface area contributed by atoms with E-state index in [4.69, 9.17) is 9.47 Å². The topological polar surface area (TPSA) is 35.5 Å². The number of ketones is 1. The van der Waals surface area contributed by atoms with E-state index in [1.165, 1.54) is 0 Å². The standard InChI is InChI=1S/C28H29BrO3/c1-19-9-12-24(28(2,3)4)27(15-19)32-18-22-16-20(11-14-26(22)31-5)10-13-25(30)21-7-6-8-23(29)17-21/h6-17H,18H2,1-5H3/b13-10+. The van der Waals surface area contributed by atoms with E-state index in [0.717, 1.165) is 38.2 Å². The Bertz CT molecular complexity index is 1140. The van der Waals surface area contributed by atoms with E-state index in [-0.39, 0.29) is 11.2 Å². The number of allylic oxidation sites excluding steroid dienone is 1.